The molecule has 0 radical (unpaired) electrons. The van der Waals surface area contributed by atoms with Gasteiger partial charge in [-0.3, -0.25) is 0 Å². The molecule has 0 saturated heterocycles. The maximum atomic E-state index is 2.47. The number of hydrogen-bond acceptors (Lipinski definition) is 0. The van der Waals surface area contributed by atoms with Gasteiger partial charge < -0.3 is 0 Å². The van der Waals surface area contributed by atoms with Gasteiger partial charge in [-0.2, -0.15) is 0 Å². The van der Waals surface area contributed by atoms with Crippen LogP contribution in [0, 0.1) is 12.8 Å². The van der Waals surface area contributed by atoms with Crippen LogP contribution in [0.4, 0.5) is 0 Å². The van der Waals surface area contributed by atoms with Gasteiger partial charge in [0.25, 0.3) is 0 Å². The summed E-state index contributed by atoms with van der Waals surface area (Å²) in [6.07, 6.45) is 8.09. The van der Waals surface area contributed by atoms with Gasteiger partial charge in [0.2, 0.25) is 0 Å². The highest BCUT2D eigenvalue weighted by Crippen LogP contribution is 2.28. The molecule has 15 heavy (non-hydrogen) atoms. The molecule has 1 fully saturated rings. The molecule has 0 unspecified atom stereocenters. The number of benzene rings is 1. The van der Waals surface area contributed by atoms with E-state index in [1.807, 2.05) is 0 Å². The summed E-state index contributed by atoms with van der Waals surface area (Å²) in [5.41, 5.74) is 4.17. The number of aryl methyl sites for hydroxylation is 1. The minimum Gasteiger partial charge on any atom is -0.0779 e. The fourth-order valence-corrected chi connectivity index (χ4v) is 2.39. The molecule has 1 aliphatic rings. The number of allylic oxidation sites excluding steroid dienone is 2. The summed E-state index contributed by atoms with van der Waals surface area (Å²) in [6, 6.07) is 8.86. The second-order valence-corrected chi connectivity index (χ2v) is 4.76. The first-order valence-electron chi connectivity index (χ1n) is 6.01. The summed E-state index contributed by atoms with van der Waals surface area (Å²) in [7, 11) is 0. The highest BCUT2D eigenvalue weighted by molar-refractivity contribution is 5.64. The van der Waals surface area contributed by atoms with E-state index in [4.69, 9.17) is 0 Å². The summed E-state index contributed by atoms with van der Waals surface area (Å²) in [5, 5.41) is 0. The molecule has 0 nitrogen and oxygen atoms in total. The molecular formula is C15H20. The van der Waals surface area contributed by atoms with Gasteiger partial charge in [-0.05, 0) is 43.7 Å². The van der Waals surface area contributed by atoms with Crippen molar-refractivity contribution in [2.24, 2.45) is 5.92 Å². The maximum absolute atomic E-state index is 2.47. The van der Waals surface area contributed by atoms with E-state index in [0.717, 1.165) is 5.92 Å². The van der Waals surface area contributed by atoms with E-state index >= 15 is 0 Å². The molecule has 0 bridgehead atoms. The molecule has 1 aliphatic carbocycles. The molecule has 0 atom stereocenters. The molecule has 1 saturated carbocycles. The van der Waals surface area contributed by atoms with Crippen LogP contribution in [-0.4, -0.2) is 0 Å². The Morgan fingerprint density at radius 3 is 2.33 bits per heavy atom. The molecule has 0 aliphatic heterocycles. The topological polar surface area (TPSA) is 0 Å². The van der Waals surface area contributed by atoms with Gasteiger partial charge in [0.15, 0.2) is 0 Å². The summed E-state index contributed by atoms with van der Waals surface area (Å²) in [4.78, 5) is 0. The molecule has 1 aromatic carbocycles. The van der Waals surface area contributed by atoms with Crippen LogP contribution in [0.15, 0.2) is 30.3 Å². The SMILES string of the molecule is C/C(=C\C1CCCC1)c1ccc(C)cc1. The first-order valence-corrected chi connectivity index (χ1v) is 6.01. The Kier molecular flexibility index (Phi) is 3.25. The van der Waals surface area contributed by atoms with Crippen molar-refractivity contribution in [1.29, 1.82) is 0 Å². The molecule has 0 N–H and O–H groups in total. The Morgan fingerprint density at radius 1 is 1.13 bits per heavy atom. The zero-order valence-electron chi connectivity index (χ0n) is 9.79. The molecule has 2 rings (SSSR count). The summed E-state index contributed by atoms with van der Waals surface area (Å²) >= 11 is 0. The van der Waals surface area contributed by atoms with E-state index in [9.17, 15) is 0 Å². The largest absolute Gasteiger partial charge is 0.0779 e. The average molecular weight is 200 g/mol. The van der Waals surface area contributed by atoms with Gasteiger partial charge in [0.1, 0.15) is 0 Å². The minimum atomic E-state index is 0.839. The summed E-state index contributed by atoms with van der Waals surface area (Å²) in [6.45, 7) is 4.38. The molecule has 0 aromatic heterocycles. The first-order chi connectivity index (χ1) is 7.25. The van der Waals surface area contributed by atoms with Crippen molar-refractivity contribution in [3.05, 3.63) is 41.5 Å². The second kappa shape index (κ2) is 4.65. The lowest BCUT2D eigenvalue weighted by molar-refractivity contribution is 0.687. The van der Waals surface area contributed by atoms with Crippen molar-refractivity contribution < 1.29 is 0 Å². The lowest BCUT2D eigenvalue weighted by atomic mass is 9.99. The third-order valence-electron chi connectivity index (χ3n) is 3.39. The highest BCUT2D eigenvalue weighted by Gasteiger charge is 2.12. The van der Waals surface area contributed by atoms with Crippen molar-refractivity contribution in [3.8, 4) is 0 Å². The summed E-state index contributed by atoms with van der Waals surface area (Å²) in [5.74, 6) is 0.839. The second-order valence-electron chi connectivity index (χ2n) is 4.76. The van der Waals surface area contributed by atoms with Crippen molar-refractivity contribution in [1.82, 2.24) is 0 Å². The Labute approximate surface area is 93.0 Å². The van der Waals surface area contributed by atoms with Gasteiger partial charge >= 0.3 is 0 Å². The molecule has 0 amide bonds. The lowest BCUT2D eigenvalue weighted by Gasteiger charge is -2.06. The average Bonchev–Trinajstić information content (AvgIpc) is 2.71. The quantitative estimate of drug-likeness (QED) is 0.655. The highest BCUT2D eigenvalue weighted by atomic mass is 14.2. The first kappa shape index (κ1) is 10.5. The van der Waals surface area contributed by atoms with Crippen molar-refractivity contribution >= 4 is 5.57 Å². The zero-order valence-corrected chi connectivity index (χ0v) is 9.79. The number of rotatable bonds is 2. The van der Waals surface area contributed by atoms with E-state index in [1.54, 1.807) is 0 Å². The molecule has 80 valence electrons. The molecule has 0 heteroatoms. The van der Waals surface area contributed by atoms with Crippen LogP contribution in [0.25, 0.3) is 5.57 Å². The lowest BCUT2D eigenvalue weighted by Crippen LogP contribution is -1.89. The van der Waals surface area contributed by atoms with Crippen LogP contribution in [0.5, 0.6) is 0 Å². The van der Waals surface area contributed by atoms with Gasteiger partial charge in [-0.15, -0.1) is 0 Å². The van der Waals surface area contributed by atoms with E-state index in [-0.39, 0.29) is 0 Å². The standard InChI is InChI=1S/C15H20/c1-12-7-9-15(10-8-12)13(2)11-14-5-3-4-6-14/h7-11,14H,3-6H2,1-2H3/b13-11+. The number of hydrogen-bond donors (Lipinski definition) is 0. The van der Waals surface area contributed by atoms with Crippen LogP contribution >= 0.6 is 0 Å². The van der Waals surface area contributed by atoms with E-state index in [1.165, 1.54) is 42.4 Å². The Hall–Kier alpha value is -1.04. The molecule has 0 spiro atoms. The minimum absolute atomic E-state index is 0.839. The van der Waals surface area contributed by atoms with Crippen LogP contribution < -0.4 is 0 Å². The fraction of sp³-hybridized carbons (Fsp3) is 0.467. The van der Waals surface area contributed by atoms with Gasteiger partial charge in [-0.1, -0.05) is 48.7 Å². The molecule has 0 heterocycles. The van der Waals surface area contributed by atoms with Crippen LogP contribution in [0.3, 0.4) is 0 Å². The van der Waals surface area contributed by atoms with Crippen LogP contribution in [-0.2, 0) is 0 Å². The monoisotopic (exact) mass is 200 g/mol. The van der Waals surface area contributed by atoms with Crippen molar-refractivity contribution in [3.63, 3.8) is 0 Å². The van der Waals surface area contributed by atoms with Gasteiger partial charge in [0.05, 0.1) is 0 Å². The Balaban J connectivity index is 2.12. The Morgan fingerprint density at radius 2 is 1.73 bits per heavy atom. The molecule has 1 aromatic rings. The van der Waals surface area contributed by atoms with Crippen molar-refractivity contribution in [2.45, 2.75) is 39.5 Å². The Bertz CT molecular complexity index is 337. The van der Waals surface area contributed by atoms with E-state index in [2.05, 4.69) is 44.2 Å². The summed E-state index contributed by atoms with van der Waals surface area (Å²) < 4.78 is 0. The zero-order chi connectivity index (χ0) is 10.7. The van der Waals surface area contributed by atoms with Crippen LogP contribution in [0.2, 0.25) is 0 Å². The van der Waals surface area contributed by atoms with E-state index in [0.29, 0.717) is 0 Å². The van der Waals surface area contributed by atoms with Gasteiger partial charge in [0, 0.05) is 0 Å². The molecular weight excluding hydrogens is 180 g/mol. The predicted octanol–water partition coefficient (Wildman–Crippen LogP) is 4.59. The van der Waals surface area contributed by atoms with Crippen LogP contribution in [0.1, 0.15) is 43.7 Å². The third kappa shape index (κ3) is 2.71. The van der Waals surface area contributed by atoms with E-state index < -0.39 is 0 Å². The normalized spacial score (nSPS) is 18.4. The smallest absolute Gasteiger partial charge is 0.0228 e. The van der Waals surface area contributed by atoms with Crippen molar-refractivity contribution in [2.75, 3.05) is 0 Å². The van der Waals surface area contributed by atoms with Gasteiger partial charge in [-0.25, -0.2) is 0 Å². The fourth-order valence-electron chi connectivity index (χ4n) is 2.39. The third-order valence-corrected chi connectivity index (χ3v) is 3.39. The maximum Gasteiger partial charge on any atom is -0.0228 e. The predicted molar refractivity (Wildman–Crippen MR) is 66.8 cm³/mol.